The fraction of sp³-hybridized carbons (Fsp3) is 0.400. The molecule has 0 spiro atoms. The lowest BCUT2D eigenvalue weighted by Gasteiger charge is -2.08. The minimum Gasteiger partial charge on any atom is -0.481 e. The van der Waals surface area contributed by atoms with E-state index in [-0.39, 0.29) is 12.3 Å². The fourth-order valence-corrected chi connectivity index (χ4v) is 1.18. The second-order valence-electron chi connectivity index (χ2n) is 3.13. The third-order valence-electron chi connectivity index (χ3n) is 2.02. The van der Waals surface area contributed by atoms with Crippen molar-refractivity contribution in [3.8, 4) is 5.88 Å². The van der Waals surface area contributed by atoms with Crippen LogP contribution >= 0.6 is 0 Å². The van der Waals surface area contributed by atoms with Gasteiger partial charge in [-0.3, -0.25) is 4.79 Å². The van der Waals surface area contributed by atoms with Crippen molar-refractivity contribution in [1.29, 1.82) is 0 Å². The number of hydrogen-bond acceptors (Lipinski definition) is 3. The van der Waals surface area contributed by atoms with E-state index < -0.39 is 5.97 Å². The summed E-state index contributed by atoms with van der Waals surface area (Å²) < 4.78 is 4.90. The van der Waals surface area contributed by atoms with Gasteiger partial charge in [0.1, 0.15) is 0 Å². The van der Waals surface area contributed by atoms with Crippen LogP contribution < -0.4 is 4.74 Å². The highest BCUT2D eigenvalue weighted by atomic mass is 16.5. The van der Waals surface area contributed by atoms with Gasteiger partial charge in [0, 0.05) is 12.3 Å². The molecule has 0 bridgehead atoms. The summed E-state index contributed by atoms with van der Waals surface area (Å²) in [6, 6.07) is 3.56. The number of rotatable bonds is 4. The quantitative estimate of drug-likeness (QED) is 0.793. The molecule has 4 nitrogen and oxygen atoms in total. The van der Waals surface area contributed by atoms with Crippen LogP contribution in [-0.4, -0.2) is 23.2 Å². The molecule has 1 aromatic heterocycles. The molecule has 76 valence electrons. The van der Waals surface area contributed by atoms with Crippen molar-refractivity contribution in [2.75, 3.05) is 7.11 Å². The van der Waals surface area contributed by atoms with Gasteiger partial charge in [-0.15, -0.1) is 0 Å². The van der Waals surface area contributed by atoms with Crippen LogP contribution in [0.5, 0.6) is 5.88 Å². The Kier molecular flexibility index (Phi) is 3.45. The first-order chi connectivity index (χ1) is 6.63. The molecule has 0 radical (unpaired) electrons. The van der Waals surface area contributed by atoms with Crippen LogP contribution in [0.2, 0.25) is 0 Å². The van der Waals surface area contributed by atoms with Crippen LogP contribution in [0.15, 0.2) is 18.3 Å². The van der Waals surface area contributed by atoms with Gasteiger partial charge in [0.2, 0.25) is 5.88 Å². The molecular formula is C10H13NO3. The Balaban J connectivity index is 2.71. The van der Waals surface area contributed by atoms with E-state index in [2.05, 4.69) is 4.98 Å². The summed E-state index contributed by atoms with van der Waals surface area (Å²) in [5, 5.41) is 8.60. The van der Waals surface area contributed by atoms with Gasteiger partial charge in [-0.25, -0.2) is 4.98 Å². The highest BCUT2D eigenvalue weighted by Gasteiger charge is 2.10. The monoisotopic (exact) mass is 195 g/mol. The van der Waals surface area contributed by atoms with E-state index in [9.17, 15) is 4.79 Å². The van der Waals surface area contributed by atoms with E-state index in [0.29, 0.717) is 5.88 Å². The second kappa shape index (κ2) is 4.60. The Morgan fingerprint density at radius 2 is 2.36 bits per heavy atom. The molecule has 0 aliphatic rings. The van der Waals surface area contributed by atoms with E-state index in [1.165, 1.54) is 0 Å². The standard InChI is InChI=1S/C10H13NO3/c1-7(5-10(12)13)8-3-4-9(14-2)11-6-8/h3-4,6-7H,5H2,1-2H3,(H,12,13)/t7-/m1/s1. The van der Waals surface area contributed by atoms with E-state index >= 15 is 0 Å². The van der Waals surface area contributed by atoms with Gasteiger partial charge < -0.3 is 9.84 Å². The molecular weight excluding hydrogens is 182 g/mol. The zero-order valence-corrected chi connectivity index (χ0v) is 8.23. The van der Waals surface area contributed by atoms with Gasteiger partial charge in [-0.1, -0.05) is 13.0 Å². The zero-order valence-electron chi connectivity index (χ0n) is 8.23. The van der Waals surface area contributed by atoms with Crippen molar-refractivity contribution in [1.82, 2.24) is 4.98 Å². The number of aliphatic carboxylic acids is 1. The van der Waals surface area contributed by atoms with Gasteiger partial charge in [-0.05, 0) is 11.5 Å². The number of carbonyl (C=O) groups is 1. The van der Waals surface area contributed by atoms with Gasteiger partial charge in [-0.2, -0.15) is 0 Å². The van der Waals surface area contributed by atoms with Gasteiger partial charge in [0.05, 0.1) is 13.5 Å². The van der Waals surface area contributed by atoms with Crippen LogP contribution in [0.4, 0.5) is 0 Å². The number of ether oxygens (including phenoxy) is 1. The summed E-state index contributed by atoms with van der Waals surface area (Å²) >= 11 is 0. The van der Waals surface area contributed by atoms with Gasteiger partial charge in [0.25, 0.3) is 0 Å². The van der Waals surface area contributed by atoms with Crippen LogP contribution in [0.25, 0.3) is 0 Å². The third-order valence-corrected chi connectivity index (χ3v) is 2.02. The number of carboxylic acids is 1. The summed E-state index contributed by atoms with van der Waals surface area (Å²) in [4.78, 5) is 14.5. The van der Waals surface area contributed by atoms with Gasteiger partial charge >= 0.3 is 5.97 Å². The minimum atomic E-state index is -0.798. The Labute approximate surface area is 82.5 Å². The fourth-order valence-electron chi connectivity index (χ4n) is 1.18. The van der Waals surface area contributed by atoms with Crippen LogP contribution in [0, 0.1) is 0 Å². The lowest BCUT2D eigenvalue weighted by molar-refractivity contribution is -0.137. The lowest BCUT2D eigenvalue weighted by Crippen LogP contribution is -2.03. The first kappa shape index (κ1) is 10.5. The number of nitrogens with zero attached hydrogens (tertiary/aromatic N) is 1. The molecule has 0 fully saturated rings. The number of aromatic nitrogens is 1. The molecule has 0 saturated heterocycles. The Bertz CT molecular complexity index is 308. The van der Waals surface area contributed by atoms with Crippen molar-refractivity contribution in [2.45, 2.75) is 19.3 Å². The summed E-state index contributed by atoms with van der Waals surface area (Å²) in [6.45, 7) is 1.86. The van der Waals surface area contributed by atoms with Crippen molar-refractivity contribution >= 4 is 5.97 Å². The SMILES string of the molecule is COc1ccc([C@H](C)CC(=O)O)cn1. The molecule has 4 heteroatoms. The normalized spacial score (nSPS) is 12.1. The van der Waals surface area contributed by atoms with Crippen LogP contribution in [-0.2, 0) is 4.79 Å². The van der Waals surface area contributed by atoms with E-state index in [0.717, 1.165) is 5.56 Å². The predicted octanol–water partition coefficient (Wildman–Crippen LogP) is 1.67. The molecule has 1 atom stereocenters. The molecule has 0 saturated carbocycles. The van der Waals surface area contributed by atoms with Crippen LogP contribution in [0.3, 0.4) is 0 Å². The van der Waals surface area contributed by atoms with E-state index in [1.807, 2.05) is 13.0 Å². The molecule has 0 aliphatic heterocycles. The Morgan fingerprint density at radius 3 is 2.79 bits per heavy atom. The second-order valence-corrected chi connectivity index (χ2v) is 3.13. The number of hydrogen-bond donors (Lipinski definition) is 1. The number of pyridine rings is 1. The molecule has 0 aliphatic carbocycles. The maximum absolute atomic E-state index is 10.5. The maximum atomic E-state index is 10.5. The smallest absolute Gasteiger partial charge is 0.303 e. The Hall–Kier alpha value is -1.58. The summed E-state index contributed by atoms with van der Waals surface area (Å²) in [5.41, 5.74) is 0.910. The first-order valence-corrected chi connectivity index (χ1v) is 4.35. The predicted molar refractivity (Wildman–Crippen MR) is 51.5 cm³/mol. The molecule has 0 unspecified atom stereocenters. The summed E-state index contributed by atoms with van der Waals surface area (Å²) in [5.74, 6) is -0.282. The summed E-state index contributed by atoms with van der Waals surface area (Å²) in [6.07, 6.45) is 1.76. The number of carboxylic acid groups (broad SMARTS) is 1. The Morgan fingerprint density at radius 1 is 1.64 bits per heavy atom. The molecule has 1 N–H and O–H groups in total. The topological polar surface area (TPSA) is 59.4 Å². The molecule has 0 amide bonds. The molecule has 1 rings (SSSR count). The van der Waals surface area contributed by atoms with Crippen molar-refractivity contribution < 1.29 is 14.6 Å². The minimum absolute atomic E-state index is 0.0223. The molecule has 1 aromatic rings. The third kappa shape index (κ3) is 2.73. The van der Waals surface area contributed by atoms with Crippen molar-refractivity contribution in [2.24, 2.45) is 0 Å². The summed E-state index contributed by atoms with van der Waals surface area (Å²) in [7, 11) is 1.54. The highest BCUT2D eigenvalue weighted by molar-refractivity contribution is 5.67. The molecule has 1 heterocycles. The molecule has 14 heavy (non-hydrogen) atoms. The average molecular weight is 195 g/mol. The van der Waals surface area contributed by atoms with Crippen molar-refractivity contribution in [3.05, 3.63) is 23.9 Å². The van der Waals surface area contributed by atoms with Crippen LogP contribution in [0.1, 0.15) is 24.8 Å². The highest BCUT2D eigenvalue weighted by Crippen LogP contribution is 2.19. The van der Waals surface area contributed by atoms with E-state index in [1.54, 1.807) is 19.4 Å². The molecule has 0 aromatic carbocycles. The van der Waals surface area contributed by atoms with Gasteiger partial charge in [0.15, 0.2) is 0 Å². The number of methoxy groups -OCH3 is 1. The lowest BCUT2D eigenvalue weighted by atomic mass is 10.00. The van der Waals surface area contributed by atoms with E-state index in [4.69, 9.17) is 9.84 Å². The zero-order chi connectivity index (χ0) is 10.6. The largest absolute Gasteiger partial charge is 0.481 e. The van der Waals surface area contributed by atoms with Crippen molar-refractivity contribution in [3.63, 3.8) is 0 Å². The maximum Gasteiger partial charge on any atom is 0.303 e. The average Bonchev–Trinajstić information content (AvgIpc) is 2.17. The first-order valence-electron chi connectivity index (χ1n) is 4.35.